The van der Waals surface area contributed by atoms with E-state index in [-0.39, 0.29) is 17.8 Å². The van der Waals surface area contributed by atoms with Crippen molar-refractivity contribution in [1.82, 2.24) is 0 Å². The fourth-order valence-corrected chi connectivity index (χ4v) is 3.93. The number of carbonyl (C=O) groups is 1. The molecule has 2 aromatic rings. The zero-order valence-corrected chi connectivity index (χ0v) is 15.9. The second-order valence-corrected chi connectivity index (χ2v) is 7.30. The van der Waals surface area contributed by atoms with Gasteiger partial charge in [0.1, 0.15) is 0 Å². The van der Waals surface area contributed by atoms with Gasteiger partial charge in [0.15, 0.2) is 12.1 Å². The number of hydrogen-bond acceptors (Lipinski definition) is 3. The van der Waals surface area contributed by atoms with Crippen LogP contribution in [-0.2, 0) is 11.2 Å². The maximum Gasteiger partial charge on any atom is 0.170 e. The number of aliphatic hydroxyl groups is 1. The van der Waals surface area contributed by atoms with Crippen LogP contribution in [-0.4, -0.2) is 23.3 Å². The van der Waals surface area contributed by atoms with Gasteiger partial charge in [0.05, 0.1) is 6.10 Å². The van der Waals surface area contributed by atoms with Gasteiger partial charge < -0.3 is 9.84 Å². The normalized spacial score (nSPS) is 18.6. The highest BCUT2D eigenvalue weighted by Crippen LogP contribution is 2.35. The molecule has 0 radical (unpaired) electrons. The molecule has 1 N–H and O–H groups in total. The van der Waals surface area contributed by atoms with Gasteiger partial charge in [-0.25, -0.2) is 0 Å². The molecule has 1 aliphatic rings. The summed E-state index contributed by atoms with van der Waals surface area (Å²) in [7, 11) is 0. The Bertz CT molecular complexity index is 779. The Balaban J connectivity index is 1.93. The van der Waals surface area contributed by atoms with Gasteiger partial charge in [0.2, 0.25) is 0 Å². The van der Waals surface area contributed by atoms with E-state index in [1.54, 1.807) is 6.92 Å². The smallest absolute Gasteiger partial charge is 0.170 e. The Kier molecular flexibility index (Phi) is 5.90. The van der Waals surface area contributed by atoms with Crippen molar-refractivity contribution in [2.45, 2.75) is 64.8 Å². The summed E-state index contributed by atoms with van der Waals surface area (Å²) in [5.74, 6) is 0.0569. The number of aliphatic hydroxyl groups excluding tert-OH is 1. The molecule has 26 heavy (non-hydrogen) atoms. The molecule has 1 unspecified atom stereocenters. The van der Waals surface area contributed by atoms with E-state index in [0.717, 1.165) is 47.9 Å². The molecule has 3 nitrogen and oxygen atoms in total. The van der Waals surface area contributed by atoms with Crippen LogP contribution in [0.2, 0.25) is 0 Å². The molecule has 2 aromatic carbocycles. The molecule has 0 aliphatic heterocycles. The van der Waals surface area contributed by atoms with Gasteiger partial charge in [0, 0.05) is 11.5 Å². The quantitative estimate of drug-likeness (QED) is 0.761. The molecule has 0 amide bonds. The van der Waals surface area contributed by atoms with E-state index in [1.807, 2.05) is 25.1 Å². The molecule has 0 fully saturated rings. The second-order valence-electron chi connectivity index (χ2n) is 7.30. The minimum absolute atomic E-state index is 0.0322. The van der Waals surface area contributed by atoms with Crippen LogP contribution in [0.3, 0.4) is 0 Å². The molecule has 0 aromatic heterocycles. The zero-order valence-electron chi connectivity index (χ0n) is 15.9. The summed E-state index contributed by atoms with van der Waals surface area (Å²) in [5.41, 5.74) is 5.46. The van der Waals surface area contributed by atoms with Crippen LogP contribution in [0.15, 0.2) is 42.5 Å². The fourth-order valence-electron chi connectivity index (χ4n) is 3.93. The predicted octanol–water partition coefficient (Wildman–Crippen LogP) is 4.78. The van der Waals surface area contributed by atoms with Gasteiger partial charge in [0.25, 0.3) is 0 Å². The Morgan fingerprint density at radius 1 is 1.19 bits per heavy atom. The molecule has 3 atom stereocenters. The van der Waals surface area contributed by atoms with Crippen molar-refractivity contribution < 1.29 is 14.6 Å². The molecular weight excluding hydrogens is 324 g/mol. The number of rotatable bonds is 6. The number of hydrogen-bond donors (Lipinski definition) is 1. The van der Waals surface area contributed by atoms with Crippen molar-refractivity contribution in [3.8, 4) is 0 Å². The summed E-state index contributed by atoms with van der Waals surface area (Å²) in [6.07, 6.45) is 2.30. The lowest BCUT2D eigenvalue weighted by Crippen LogP contribution is -2.21. The Hall–Kier alpha value is -1.97. The van der Waals surface area contributed by atoms with E-state index in [1.165, 1.54) is 5.56 Å². The number of benzene rings is 2. The lowest BCUT2D eigenvalue weighted by Gasteiger charge is -2.22. The average molecular weight is 352 g/mol. The standard InChI is InChI=1S/C23H28O3/c1-4-19(26-16(3)24)11-12-21-20-8-6-5-7-17(20)14-18-10-9-15(2)13-22(18)23(21)25/h5-10,13,16,19,21,24H,4,11-12,14H2,1-3H3/t16?,19-,21-/m0/s1. The number of carbonyl (C=O) groups excluding carboxylic acids is 1. The largest absolute Gasteiger partial charge is 0.368 e. The molecule has 0 spiro atoms. The third-order valence-corrected chi connectivity index (χ3v) is 5.28. The topological polar surface area (TPSA) is 46.5 Å². The summed E-state index contributed by atoms with van der Waals surface area (Å²) in [4.78, 5) is 13.4. The van der Waals surface area contributed by atoms with Crippen molar-refractivity contribution in [3.05, 3.63) is 70.3 Å². The third-order valence-electron chi connectivity index (χ3n) is 5.28. The van der Waals surface area contributed by atoms with Crippen LogP contribution in [0, 0.1) is 6.92 Å². The first-order valence-electron chi connectivity index (χ1n) is 9.54. The lowest BCUT2D eigenvalue weighted by molar-refractivity contribution is -0.126. The van der Waals surface area contributed by atoms with Crippen LogP contribution in [0.1, 0.15) is 71.6 Å². The van der Waals surface area contributed by atoms with E-state index in [4.69, 9.17) is 4.74 Å². The van der Waals surface area contributed by atoms with Crippen LogP contribution in [0.4, 0.5) is 0 Å². The SMILES string of the molecule is CC[C@@H](CC[C@@H]1C(=O)c2cc(C)ccc2Cc2ccccc21)OC(C)O. The van der Waals surface area contributed by atoms with Gasteiger partial charge in [-0.3, -0.25) is 4.79 Å². The minimum Gasteiger partial charge on any atom is -0.368 e. The van der Waals surface area contributed by atoms with Gasteiger partial charge in [-0.1, -0.05) is 48.9 Å². The van der Waals surface area contributed by atoms with Crippen molar-refractivity contribution in [1.29, 1.82) is 0 Å². The molecule has 0 heterocycles. The van der Waals surface area contributed by atoms with Crippen LogP contribution >= 0.6 is 0 Å². The Morgan fingerprint density at radius 3 is 2.69 bits per heavy atom. The van der Waals surface area contributed by atoms with E-state index >= 15 is 0 Å². The maximum atomic E-state index is 13.4. The van der Waals surface area contributed by atoms with Gasteiger partial charge in [-0.05, 0) is 62.3 Å². The first-order chi connectivity index (χ1) is 12.5. The second kappa shape index (κ2) is 8.15. The van der Waals surface area contributed by atoms with Crippen molar-refractivity contribution in [2.75, 3.05) is 0 Å². The summed E-state index contributed by atoms with van der Waals surface area (Å²) in [6, 6.07) is 14.5. The molecule has 3 rings (SSSR count). The highest BCUT2D eigenvalue weighted by atomic mass is 16.6. The number of ether oxygens (including phenoxy) is 1. The summed E-state index contributed by atoms with van der Waals surface area (Å²) < 4.78 is 5.58. The minimum atomic E-state index is -0.777. The Labute approximate surface area is 156 Å². The van der Waals surface area contributed by atoms with Gasteiger partial charge in [-0.15, -0.1) is 0 Å². The summed E-state index contributed by atoms with van der Waals surface area (Å²) in [5, 5.41) is 9.52. The molecule has 1 aliphatic carbocycles. The van der Waals surface area contributed by atoms with Crippen molar-refractivity contribution >= 4 is 5.78 Å². The van der Waals surface area contributed by atoms with E-state index in [0.29, 0.717) is 0 Å². The van der Waals surface area contributed by atoms with Crippen molar-refractivity contribution in [2.24, 2.45) is 0 Å². The van der Waals surface area contributed by atoms with E-state index in [2.05, 4.69) is 31.2 Å². The zero-order chi connectivity index (χ0) is 18.7. The summed E-state index contributed by atoms with van der Waals surface area (Å²) in [6.45, 7) is 5.71. The first-order valence-corrected chi connectivity index (χ1v) is 9.54. The van der Waals surface area contributed by atoms with Crippen LogP contribution in [0.5, 0.6) is 0 Å². The van der Waals surface area contributed by atoms with Crippen molar-refractivity contribution in [3.63, 3.8) is 0 Å². The molecule has 0 saturated heterocycles. The lowest BCUT2D eigenvalue weighted by atomic mass is 9.85. The maximum absolute atomic E-state index is 13.4. The van der Waals surface area contributed by atoms with Crippen LogP contribution in [0.25, 0.3) is 0 Å². The number of aryl methyl sites for hydroxylation is 1. The highest BCUT2D eigenvalue weighted by Gasteiger charge is 2.30. The van der Waals surface area contributed by atoms with Gasteiger partial charge >= 0.3 is 0 Å². The third kappa shape index (κ3) is 4.05. The Morgan fingerprint density at radius 2 is 1.96 bits per heavy atom. The average Bonchev–Trinajstić information content (AvgIpc) is 2.73. The molecule has 3 heteroatoms. The summed E-state index contributed by atoms with van der Waals surface area (Å²) >= 11 is 0. The number of Topliss-reactive ketones (excluding diaryl/α,β-unsaturated/α-hetero) is 1. The predicted molar refractivity (Wildman–Crippen MR) is 104 cm³/mol. The molecule has 138 valence electrons. The highest BCUT2D eigenvalue weighted by molar-refractivity contribution is 6.03. The molecule has 0 saturated carbocycles. The first kappa shape index (κ1) is 18.8. The monoisotopic (exact) mass is 352 g/mol. The fraction of sp³-hybridized carbons (Fsp3) is 0.435. The molecular formula is C23H28O3. The van der Waals surface area contributed by atoms with E-state index < -0.39 is 6.29 Å². The number of ketones is 1. The van der Waals surface area contributed by atoms with Gasteiger partial charge in [-0.2, -0.15) is 0 Å². The van der Waals surface area contributed by atoms with Crippen LogP contribution < -0.4 is 0 Å². The van der Waals surface area contributed by atoms with E-state index in [9.17, 15) is 9.90 Å². The molecule has 0 bridgehead atoms. The number of fused-ring (bicyclic) bond motifs is 2.